The lowest BCUT2D eigenvalue weighted by molar-refractivity contribution is 0.416. The number of para-hydroxylation sites is 1. The Bertz CT molecular complexity index is 590. The number of ether oxygens (including phenoxy) is 1. The molecule has 0 fully saturated rings. The molecule has 0 amide bonds. The maximum atomic E-state index is 12.3. The van der Waals surface area contributed by atoms with Crippen molar-refractivity contribution in [3.63, 3.8) is 0 Å². The van der Waals surface area contributed by atoms with Crippen LogP contribution in [0.15, 0.2) is 46.0 Å². The highest BCUT2D eigenvalue weighted by molar-refractivity contribution is 6.17. The normalized spacial score (nSPS) is 10.3. The van der Waals surface area contributed by atoms with E-state index in [0.717, 1.165) is 5.56 Å². The van der Waals surface area contributed by atoms with Crippen LogP contribution in [0, 0.1) is 0 Å². The zero-order valence-electron chi connectivity index (χ0n) is 9.98. The van der Waals surface area contributed by atoms with Crippen LogP contribution in [0.1, 0.15) is 5.56 Å². The lowest BCUT2D eigenvalue weighted by Crippen LogP contribution is -2.11. The first-order valence-corrected chi connectivity index (χ1v) is 6.10. The SMILES string of the molecule is COc1ccccc1-c1cocc(CCCl)c1=O. The van der Waals surface area contributed by atoms with Crippen LogP contribution in [0.2, 0.25) is 0 Å². The van der Waals surface area contributed by atoms with Gasteiger partial charge in [-0.2, -0.15) is 0 Å². The van der Waals surface area contributed by atoms with Gasteiger partial charge < -0.3 is 9.15 Å². The molecular weight excluding hydrogens is 252 g/mol. The molecule has 0 aliphatic rings. The van der Waals surface area contributed by atoms with E-state index in [0.29, 0.717) is 29.2 Å². The Labute approximate surface area is 110 Å². The van der Waals surface area contributed by atoms with E-state index in [-0.39, 0.29) is 5.43 Å². The Balaban J connectivity index is 2.57. The van der Waals surface area contributed by atoms with E-state index in [1.54, 1.807) is 7.11 Å². The number of benzene rings is 1. The molecule has 0 atom stereocenters. The van der Waals surface area contributed by atoms with Crippen LogP contribution < -0.4 is 10.2 Å². The van der Waals surface area contributed by atoms with Crippen molar-refractivity contribution in [1.29, 1.82) is 0 Å². The largest absolute Gasteiger partial charge is 0.496 e. The molecule has 4 heteroatoms. The van der Waals surface area contributed by atoms with Crippen LogP contribution in [0.3, 0.4) is 0 Å². The highest BCUT2D eigenvalue weighted by Crippen LogP contribution is 2.27. The average Bonchev–Trinajstić information content (AvgIpc) is 2.41. The Morgan fingerprint density at radius 3 is 2.72 bits per heavy atom. The van der Waals surface area contributed by atoms with Crippen LogP contribution >= 0.6 is 11.6 Å². The first-order valence-electron chi connectivity index (χ1n) is 5.56. The van der Waals surface area contributed by atoms with E-state index in [2.05, 4.69) is 0 Å². The molecule has 0 saturated carbocycles. The zero-order chi connectivity index (χ0) is 13.0. The van der Waals surface area contributed by atoms with Crippen molar-refractivity contribution in [2.24, 2.45) is 0 Å². The number of hydrogen-bond acceptors (Lipinski definition) is 3. The summed E-state index contributed by atoms with van der Waals surface area (Å²) < 4.78 is 10.5. The number of aryl methyl sites for hydroxylation is 1. The van der Waals surface area contributed by atoms with Gasteiger partial charge >= 0.3 is 0 Å². The molecule has 1 aromatic carbocycles. The summed E-state index contributed by atoms with van der Waals surface area (Å²) in [5, 5.41) is 0. The molecular formula is C14H13ClO3. The van der Waals surface area contributed by atoms with E-state index < -0.39 is 0 Å². The molecule has 0 aliphatic carbocycles. The second-order valence-corrected chi connectivity index (χ2v) is 4.16. The molecule has 0 aliphatic heterocycles. The predicted molar refractivity (Wildman–Crippen MR) is 71.4 cm³/mol. The van der Waals surface area contributed by atoms with E-state index in [1.165, 1.54) is 12.5 Å². The van der Waals surface area contributed by atoms with Gasteiger partial charge in [0.1, 0.15) is 12.0 Å². The second-order valence-electron chi connectivity index (χ2n) is 3.78. The number of hydrogen-bond donors (Lipinski definition) is 0. The third-order valence-corrected chi connectivity index (χ3v) is 2.88. The van der Waals surface area contributed by atoms with Crippen LogP contribution in [-0.4, -0.2) is 13.0 Å². The van der Waals surface area contributed by atoms with Crippen molar-refractivity contribution in [3.8, 4) is 16.9 Å². The van der Waals surface area contributed by atoms with Crippen molar-refractivity contribution in [1.82, 2.24) is 0 Å². The van der Waals surface area contributed by atoms with Crippen molar-refractivity contribution in [2.75, 3.05) is 13.0 Å². The first kappa shape index (κ1) is 12.7. The van der Waals surface area contributed by atoms with Crippen LogP contribution in [0.5, 0.6) is 5.75 Å². The van der Waals surface area contributed by atoms with Gasteiger partial charge in [-0.1, -0.05) is 18.2 Å². The molecule has 1 heterocycles. The molecule has 0 unspecified atom stereocenters. The first-order chi connectivity index (χ1) is 8.77. The number of alkyl halides is 1. The molecule has 18 heavy (non-hydrogen) atoms. The summed E-state index contributed by atoms with van der Waals surface area (Å²) in [6.07, 6.45) is 3.38. The van der Waals surface area contributed by atoms with E-state index >= 15 is 0 Å². The molecule has 0 bridgehead atoms. The van der Waals surface area contributed by atoms with E-state index in [1.807, 2.05) is 24.3 Å². The number of rotatable bonds is 4. The van der Waals surface area contributed by atoms with Gasteiger partial charge in [-0.15, -0.1) is 11.6 Å². The minimum atomic E-state index is -0.0635. The van der Waals surface area contributed by atoms with Gasteiger partial charge in [0, 0.05) is 17.0 Å². The molecule has 0 spiro atoms. The van der Waals surface area contributed by atoms with Crippen molar-refractivity contribution in [3.05, 3.63) is 52.6 Å². The van der Waals surface area contributed by atoms with Gasteiger partial charge in [0.25, 0.3) is 0 Å². The summed E-state index contributed by atoms with van der Waals surface area (Å²) in [5.74, 6) is 1.04. The molecule has 2 aromatic rings. The summed E-state index contributed by atoms with van der Waals surface area (Å²) in [6.45, 7) is 0. The average molecular weight is 265 g/mol. The summed E-state index contributed by atoms with van der Waals surface area (Å²) in [7, 11) is 1.57. The van der Waals surface area contributed by atoms with Gasteiger partial charge in [-0.05, 0) is 12.5 Å². The minimum absolute atomic E-state index is 0.0635. The van der Waals surface area contributed by atoms with Crippen molar-refractivity contribution in [2.45, 2.75) is 6.42 Å². The highest BCUT2D eigenvalue weighted by atomic mass is 35.5. The molecule has 0 N–H and O–H groups in total. The lowest BCUT2D eigenvalue weighted by atomic mass is 10.0. The summed E-state index contributed by atoms with van der Waals surface area (Å²) in [6, 6.07) is 7.34. The fourth-order valence-electron chi connectivity index (χ4n) is 1.79. The lowest BCUT2D eigenvalue weighted by Gasteiger charge is -2.07. The van der Waals surface area contributed by atoms with Gasteiger partial charge in [0.2, 0.25) is 0 Å². The van der Waals surface area contributed by atoms with Crippen LogP contribution in [-0.2, 0) is 6.42 Å². The Hall–Kier alpha value is -1.74. The second kappa shape index (κ2) is 5.74. The molecule has 0 saturated heterocycles. The highest BCUT2D eigenvalue weighted by Gasteiger charge is 2.12. The van der Waals surface area contributed by atoms with Crippen LogP contribution in [0.25, 0.3) is 11.1 Å². The summed E-state index contributed by atoms with van der Waals surface area (Å²) in [4.78, 5) is 12.3. The predicted octanol–water partition coefficient (Wildman–Crippen LogP) is 3.10. The maximum Gasteiger partial charge on any atom is 0.195 e. The molecule has 0 radical (unpaired) electrons. The molecule has 3 nitrogen and oxygen atoms in total. The van der Waals surface area contributed by atoms with Gasteiger partial charge in [0.15, 0.2) is 5.43 Å². The summed E-state index contributed by atoms with van der Waals surface area (Å²) >= 11 is 5.66. The quantitative estimate of drug-likeness (QED) is 0.797. The van der Waals surface area contributed by atoms with Crippen molar-refractivity contribution >= 4 is 11.6 Å². The molecule has 2 rings (SSSR count). The Morgan fingerprint density at radius 1 is 1.22 bits per heavy atom. The van der Waals surface area contributed by atoms with Crippen molar-refractivity contribution < 1.29 is 9.15 Å². The standard InChI is InChI=1S/C14H13ClO3/c1-17-13-5-3-2-4-11(13)12-9-18-8-10(6-7-15)14(12)16/h2-5,8-9H,6-7H2,1H3. The zero-order valence-corrected chi connectivity index (χ0v) is 10.7. The Morgan fingerprint density at radius 2 is 2.00 bits per heavy atom. The van der Waals surface area contributed by atoms with Crippen LogP contribution in [0.4, 0.5) is 0 Å². The van der Waals surface area contributed by atoms with E-state index in [9.17, 15) is 4.79 Å². The van der Waals surface area contributed by atoms with E-state index in [4.69, 9.17) is 20.8 Å². The third kappa shape index (κ3) is 2.41. The molecule has 94 valence electrons. The van der Waals surface area contributed by atoms with Gasteiger partial charge in [-0.3, -0.25) is 4.79 Å². The third-order valence-electron chi connectivity index (χ3n) is 2.69. The number of methoxy groups -OCH3 is 1. The number of halogens is 1. The molecule has 1 aromatic heterocycles. The smallest absolute Gasteiger partial charge is 0.195 e. The minimum Gasteiger partial charge on any atom is -0.496 e. The monoisotopic (exact) mass is 264 g/mol. The fraction of sp³-hybridized carbons (Fsp3) is 0.214. The van der Waals surface area contributed by atoms with Gasteiger partial charge in [0.05, 0.1) is 18.9 Å². The summed E-state index contributed by atoms with van der Waals surface area (Å²) in [5.41, 5.74) is 1.74. The maximum absolute atomic E-state index is 12.3. The topological polar surface area (TPSA) is 39.4 Å². The Kier molecular flexibility index (Phi) is 4.05. The fourth-order valence-corrected chi connectivity index (χ4v) is 2.00. The van der Waals surface area contributed by atoms with Gasteiger partial charge in [-0.25, -0.2) is 0 Å².